The Morgan fingerprint density at radius 2 is 1.38 bits per heavy atom. The number of benzene rings is 2. The maximum absolute atomic E-state index is 8.92. The summed E-state index contributed by atoms with van der Waals surface area (Å²) in [7, 11) is 2.13. The molecule has 0 saturated carbocycles. The minimum atomic E-state index is 0.269. The topological polar surface area (TPSA) is 23.5 Å². The van der Waals surface area contributed by atoms with E-state index in [9.17, 15) is 0 Å². The van der Waals surface area contributed by atoms with Crippen molar-refractivity contribution >= 4 is 0 Å². The summed E-state index contributed by atoms with van der Waals surface area (Å²) in [5, 5.41) is 8.92. The summed E-state index contributed by atoms with van der Waals surface area (Å²) in [5.41, 5.74) is 2.75. The van der Waals surface area contributed by atoms with Crippen molar-refractivity contribution in [2.24, 2.45) is 0 Å². The predicted molar refractivity (Wildman–Crippen MR) is 88.5 cm³/mol. The summed E-state index contributed by atoms with van der Waals surface area (Å²) in [4.78, 5) is 2.30. The van der Waals surface area contributed by atoms with Gasteiger partial charge in [-0.3, -0.25) is 0 Å². The summed E-state index contributed by atoms with van der Waals surface area (Å²) in [6, 6.07) is 21.4. The Morgan fingerprint density at radius 3 is 1.86 bits per heavy atom. The fraction of sp³-hybridized carbons (Fsp3) is 0.368. The normalized spacial score (nSPS) is 11.2. The second-order valence-corrected chi connectivity index (χ2v) is 5.54. The van der Waals surface area contributed by atoms with Gasteiger partial charge in [0.2, 0.25) is 0 Å². The number of hydrogen-bond acceptors (Lipinski definition) is 2. The maximum atomic E-state index is 8.92. The molecule has 0 amide bonds. The molecule has 0 unspecified atom stereocenters. The molecule has 0 fully saturated rings. The van der Waals surface area contributed by atoms with Crippen molar-refractivity contribution < 1.29 is 5.11 Å². The Kier molecular flexibility index (Phi) is 6.45. The monoisotopic (exact) mass is 283 g/mol. The lowest BCUT2D eigenvalue weighted by atomic mass is 9.88. The van der Waals surface area contributed by atoms with Gasteiger partial charge >= 0.3 is 0 Å². The first-order chi connectivity index (χ1) is 10.3. The van der Waals surface area contributed by atoms with Crippen LogP contribution >= 0.6 is 0 Å². The Hall–Kier alpha value is -1.64. The van der Waals surface area contributed by atoms with E-state index >= 15 is 0 Å². The SMILES string of the molecule is CN(CCCO)CCC(c1ccccc1)c1ccccc1. The number of nitrogens with zero attached hydrogens (tertiary/aromatic N) is 1. The highest BCUT2D eigenvalue weighted by Gasteiger charge is 2.14. The standard InChI is InChI=1S/C19H25NO/c1-20(14-8-16-21)15-13-19(17-9-4-2-5-10-17)18-11-6-3-7-12-18/h2-7,9-12,19,21H,8,13-16H2,1H3. The lowest BCUT2D eigenvalue weighted by molar-refractivity contribution is 0.245. The van der Waals surface area contributed by atoms with Crippen LogP contribution < -0.4 is 0 Å². The summed E-state index contributed by atoms with van der Waals surface area (Å²) < 4.78 is 0. The van der Waals surface area contributed by atoms with Gasteiger partial charge in [-0.05, 0) is 37.6 Å². The van der Waals surface area contributed by atoms with Crippen LogP contribution in [-0.2, 0) is 0 Å². The van der Waals surface area contributed by atoms with Crippen LogP contribution in [-0.4, -0.2) is 36.8 Å². The summed E-state index contributed by atoms with van der Waals surface area (Å²) in [6.45, 7) is 2.26. The van der Waals surface area contributed by atoms with Crippen LogP contribution in [0.25, 0.3) is 0 Å². The van der Waals surface area contributed by atoms with E-state index in [1.165, 1.54) is 11.1 Å². The molecule has 0 bridgehead atoms. The molecule has 1 N–H and O–H groups in total. The molecule has 0 heterocycles. The number of aliphatic hydroxyl groups is 1. The third-order valence-corrected chi connectivity index (χ3v) is 3.90. The average molecular weight is 283 g/mol. The van der Waals surface area contributed by atoms with E-state index in [2.05, 4.69) is 72.6 Å². The zero-order valence-electron chi connectivity index (χ0n) is 12.8. The molecule has 0 aliphatic rings. The van der Waals surface area contributed by atoms with Crippen LogP contribution in [0.2, 0.25) is 0 Å². The van der Waals surface area contributed by atoms with Gasteiger partial charge in [-0.15, -0.1) is 0 Å². The largest absolute Gasteiger partial charge is 0.396 e. The molecule has 0 saturated heterocycles. The molecule has 2 heteroatoms. The Morgan fingerprint density at radius 1 is 0.857 bits per heavy atom. The molecule has 2 aromatic carbocycles. The molecule has 0 aromatic heterocycles. The van der Waals surface area contributed by atoms with Crippen molar-refractivity contribution in [3.8, 4) is 0 Å². The predicted octanol–water partition coefficient (Wildman–Crippen LogP) is 3.52. The second kappa shape index (κ2) is 8.60. The summed E-state index contributed by atoms with van der Waals surface area (Å²) in [5.74, 6) is 0.434. The zero-order chi connectivity index (χ0) is 14.9. The maximum Gasteiger partial charge on any atom is 0.0443 e. The van der Waals surface area contributed by atoms with E-state index in [4.69, 9.17) is 5.11 Å². The van der Waals surface area contributed by atoms with Gasteiger partial charge in [-0.2, -0.15) is 0 Å². The first kappa shape index (κ1) is 15.7. The second-order valence-electron chi connectivity index (χ2n) is 5.54. The Labute approximate surface area is 128 Å². The molecule has 2 nitrogen and oxygen atoms in total. The molecule has 0 spiro atoms. The lowest BCUT2D eigenvalue weighted by Crippen LogP contribution is -2.23. The lowest BCUT2D eigenvalue weighted by Gasteiger charge is -2.22. The van der Waals surface area contributed by atoms with E-state index in [0.717, 1.165) is 25.9 Å². The first-order valence-electron chi connectivity index (χ1n) is 7.70. The van der Waals surface area contributed by atoms with Crippen LogP contribution in [0.1, 0.15) is 29.9 Å². The Bertz CT molecular complexity index is 458. The number of aliphatic hydroxyl groups excluding tert-OH is 1. The van der Waals surface area contributed by atoms with Crippen molar-refractivity contribution in [3.63, 3.8) is 0 Å². The zero-order valence-corrected chi connectivity index (χ0v) is 12.8. The van der Waals surface area contributed by atoms with Gasteiger partial charge in [0.05, 0.1) is 0 Å². The van der Waals surface area contributed by atoms with E-state index < -0.39 is 0 Å². The van der Waals surface area contributed by atoms with Gasteiger partial charge in [0.1, 0.15) is 0 Å². The van der Waals surface area contributed by atoms with Gasteiger partial charge in [0.25, 0.3) is 0 Å². The molecule has 0 radical (unpaired) electrons. The number of hydrogen-bond donors (Lipinski definition) is 1. The van der Waals surface area contributed by atoms with Crippen molar-refractivity contribution in [2.75, 3.05) is 26.7 Å². The molecular weight excluding hydrogens is 258 g/mol. The van der Waals surface area contributed by atoms with Crippen molar-refractivity contribution in [1.82, 2.24) is 4.90 Å². The fourth-order valence-corrected chi connectivity index (χ4v) is 2.70. The quantitative estimate of drug-likeness (QED) is 0.801. The molecule has 21 heavy (non-hydrogen) atoms. The number of rotatable bonds is 8. The molecule has 2 aromatic rings. The highest BCUT2D eigenvalue weighted by Crippen LogP contribution is 2.27. The van der Waals surface area contributed by atoms with Gasteiger partial charge in [0, 0.05) is 19.1 Å². The molecule has 0 aliphatic carbocycles. The smallest absolute Gasteiger partial charge is 0.0443 e. The van der Waals surface area contributed by atoms with Crippen LogP contribution in [0.3, 0.4) is 0 Å². The first-order valence-corrected chi connectivity index (χ1v) is 7.70. The summed E-state index contributed by atoms with van der Waals surface area (Å²) in [6.07, 6.45) is 1.94. The van der Waals surface area contributed by atoms with E-state index in [0.29, 0.717) is 5.92 Å². The minimum Gasteiger partial charge on any atom is -0.396 e. The fourth-order valence-electron chi connectivity index (χ4n) is 2.70. The van der Waals surface area contributed by atoms with Crippen LogP contribution in [0, 0.1) is 0 Å². The van der Waals surface area contributed by atoms with E-state index in [-0.39, 0.29) is 6.61 Å². The van der Waals surface area contributed by atoms with Gasteiger partial charge in [-0.1, -0.05) is 60.7 Å². The third kappa shape index (κ3) is 5.00. The van der Waals surface area contributed by atoms with Crippen LogP contribution in [0.4, 0.5) is 0 Å². The van der Waals surface area contributed by atoms with Gasteiger partial charge < -0.3 is 10.0 Å². The van der Waals surface area contributed by atoms with Crippen LogP contribution in [0.15, 0.2) is 60.7 Å². The van der Waals surface area contributed by atoms with Crippen LogP contribution in [0.5, 0.6) is 0 Å². The molecule has 0 atom stereocenters. The van der Waals surface area contributed by atoms with Crippen molar-refractivity contribution in [1.29, 1.82) is 0 Å². The van der Waals surface area contributed by atoms with Crippen molar-refractivity contribution in [2.45, 2.75) is 18.8 Å². The molecule has 2 rings (SSSR count). The van der Waals surface area contributed by atoms with Gasteiger partial charge in [-0.25, -0.2) is 0 Å². The highest BCUT2D eigenvalue weighted by atomic mass is 16.3. The summed E-state index contributed by atoms with van der Waals surface area (Å²) >= 11 is 0. The average Bonchev–Trinajstić information content (AvgIpc) is 2.55. The Balaban J connectivity index is 2.07. The van der Waals surface area contributed by atoms with Crippen molar-refractivity contribution in [3.05, 3.63) is 71.8 Å². The molecular formula is C19H25NO. The van der Waals surface area contributed by atoms with E-state index in [1.807, 2.05) is 0 Å². The highest BCUT2D eigenvalue weighted by molar-refractivity contribution is 5.32. The molecule has 112 valence electrons. The third-order valence-electron chi connectivity index (χ3n) is 3.90. The van der Waals surface area contributed by atoms with E-state index in [1.54, 1.807) is 0 Å². The molecule has 0 aliphatic heterocycles. The minimum absolute atomic E-state index is 0.269. The van der Waals surface area contributed by atoms with Gasteiger partial charge in [0.15, 0.2) is 0 Å².